The number of allylic oxidation sites excluding steroid dienone is 2. The third kappa shape index (κ3) is 2.91. The van der Waals surface area contributed by atoms with E-state index in [0.29, 0.717) is 5.92 Å². The number of hydrogen-bond donors (Lipinski definition) is 1. The largest absolute Gasteiger partial charge is 0.457 e. The first-order valence-corrected chi connectivity index (χ1v) is 6.99. The topological polar surface area (TPSA) is 29.5 Å². The molecule has 3 rings (SSSR count). The lowest BCUT2D eigenvalue weighted by atomic mass is 9.94. The Kier molecular flexibility index (Phi) is 3.84. The standard InChI is InChI=1S/C18H18O2/c19-18(14-6-4-5-7-14)15-10-12-17(13-11-15)20-16-8-2-1-3-9-16/h1-5,8-14,18-19H,6-7H2. The maximum Gasteiger partial charge on any atom is 0.127 e. The number of rotatable bonds is 4. The van der Waals surface area contributed by atoms with E-state index in [-0.39, 0.29) is 0 Å². The lowest BCUT2D eigenvalue weighted by molar-refractivity contribution is 0.114. The second-order valence-electron chi connectivity index (χ2n) is 5.13. The lowest BCUT2D eigenvalue weighted by Crippen LogP contribution is -2.08. The van der Waals surface area contributed by atoms with Crippen LogP contribution >= 0.6 is 0 Å². The third-order valence-electron chi connectivity index (χ3n) is 3.69. The van der Waals surface area contributed by atoms with E-state index in [1.54, 1.807) is 0 Å². The van der Waals surface area contributed by atoms with Crippen LogP contribution < -0.4 is 4.74 Å². The first-order valence-electron chi connectivity index (χ1n) is 6.99. The van der Waals surface area contributed by atoms with Gasteiger partial charge in [0.15, 0.2) is 0 Å². The highest BCUT2D eigenvalue weighted by atomic mass is 16.5. The third-order valence-corrected chi connectivity index (χ3v) is 3.69. The molecule has 0 aromatic heterocycles. The molecular formula is C18H18O2. The Labute approximate surface area is 119 Å². The molecule has 0 heterocycles. The molecule has 2 aromatic carbocycles. The molecule has 0 amide bonds. The van der Waals surface area contributed by atoms with Crippen molar-refractivity contribution >= 4 is 0 Å². The molecule has 0 spiro atoms. The Balaban J connectivity index is 1.68. The monoisotopic (exact) mass is 266 g/mol. The van der Waals surface area contributed by atoms with Crippen LogP contribution in [-0.2, 0) is 0 Å². The van der Waals surface area contributed by atoms with Crippen molar-refractivity contribution in [3.05, 3.63) is 72.3 Å². The Hall–Kier alpha value is -2.06. The summed E-state index contributed by atoms with van der Waals surface area (Å²) in [6, 6.07) is 17.4. The number of ether oxygens (including phenoxy) is 1. The predicted octanol–water partition coefficient (Wildman–Crippen LogP) is 4.48. The fourth-order valence-electron chi connectivity index (χ4n) is 2.53. The lowest BCUT2D eigenvalue weighted by Gasteiger charge is -2.18. The van der Waals surface area contributed by atoms with Gasteiger partial charge in [0, 0.05) is 0 Å². The van der Waals surface area contributed by atoms with Crippen LogP contribution in [0, 0.1) is 5.92 Å². The molecule has 2 heteroatoms. The molecule has 2 aromatic rings. The fraction of sp³-hybridized carbons (Fsp3) is 0.222. The van der Waals surface area contributed by atoms with Crippen LogP contribution in [0.2, 0.25) is 0 Å². The van der Waals surface area contributed by atoms with E-state index in [4.69, 9.17) is 4.74 Å². The highest BCUT2D eigenvalue weighted by Crippen LogP contribution is 2.32. The van der Waals surface area contributed by atoms with Gasteiger partial charge in [-0.2, -0.15) is 0 Å². The van der Waals surface area contributed by atoms with E-state index in [0.717, 1.165) is 29.9 Å². The number of aliphatic hydroxyl groups is 1. The minimum absolute atomic E-state index is 0.316. The van der Waals surface area contributed by atoms with E-state index >= 15 is 0 Å². The molecule has 1 aliphatic rings. The molecular weight excluding hydrogens is 248 g/mol. The molecule has 0 fully saturated rings. The summed E-state index contributed by atoms with van der Waals surface area (Å²) < 4.78 is 5.74. The van der Waals surface area contributed by atoms with Gasteiger partial charge < -0.3 is 9.84 Å². The van der Waals surface area contributed by atoms with Crippen LogP contribution in [0.4, 0.5) is 0 Å². The van der Waals surface area contributed by atoms with Crippen molar-refractivity contribution < 1.29 is 9.84 Å². The highest BCUT2D eigenvalue weighted by Gasteiger charge is 2.21. The zero-order valence-corrected chi connectivity index (χ0v) is 11.3. The summed E-state index contributed by atoms with van der Waals surface area (Å²) in [6.07, 6.45) is 5.81. The summed E-state index contributed by atoms with van der Waals surface area (Å²) in [5.41, 5.74) is 0.958. The molecule has 0 saturated carbocycles. The van der Waals surface area contributed by atoms with E-state index in [1.165, 1.54) is 0 Å². The van der Waals surface area contributed by atoms with E-state index < -0.39 is 6.10 Å². The van der Waals surface area contributed by atoms with Crippen LogP contribution in [-0.4, -0.2) is 5.11 Å². The molecule has 20 heavy (non-hydrogen) atoms. The molecule has 0 bridgehead atoms. The molecule has 0 radical (unpaired) electrons. The van der Waals surface area contributed by atoms with Crippen LogP contribution in [0.1, 0.15) is 24.5 Å². The van der Waals surface area contributed by atoms with Crippen LogP contribution in [0.5, 0.6) is 11.5 Å². The van der Waals surface area contributed by atoms with Crippen molar-refractivity contribution in [2.75, 3.05) is 0 Å². The second-order valence-corrected chi connectivity index (χ2v) is 5.13. The smallest absolute Gasteiger partial charge is 0.127 e. The summed E-state index contributed by atoms with van der Waals surface area (Å²) in [5.74, 6) is 1.92. The molecule has 1 aliphatic carbocycles. The average Bonchev–Trinajstić information content (AvgIpc) is 3.03. The second kappa shape index (κ2) is 5.93. The highest BCUT2D eigenvalue weighted by molar-refractivity contribution is 5.33. The van der Waals surface area contributed by atoms with Crippen LogP contribution in [0.3, 0.4) is 0 Å². The summed E-state index contributed by atoms with van der Waals surface area (Å²) >= 11 is 0. The summed E-state index contributed by atoms with van der Waals surface area (Å²) in [7, 11) is 0. The minimum Gasteiger partial charge on any atom is -0.457 e. The van der Waals surface area contributed by atoms with Crippen molar-refractivity contribution in [1.82, 2.24) is 0 Å². The zero-order chi connectivity index (χ0) is 13.8. The fourth-order valence-corrected chi connectivity index (χ4v) is 2.53. The van der Waals surface area contributed by atoms with Gasteiger partial charge in [0.25, 0.3) is 0 Å². The number of aliphatic hydroxyl groups excluding tert-OH is 1. The number of hydrogen-bond acceptors (Lipinski definition) is 2. The Bertz CT molecular complexity index is 564. The van der Waals surface area contributed by atoms with Gasteiger partial charge in [-0.05, 0) is 48.6 Å². The van der Waals surface area contributed by atoms with Gasteiger partial charge in [-0.25, -0.2) is 0 Å². The zero-order valence-electron chi connectivity index (χ0n) is 11.3. The molecule has 0 saturated heterocycles. The normalized spacial score (nSPS) is 16.2. The van der Waals surface area contributed by atoms with Crippen molar-refractivity contribution in [3.8, 4) is 11.5 Å². The maximum absolute atomic E-state index is 10.3. The predicted molar refractivity (Wildman–Crippen MR) is 79.8 cm³/mol. The van der Waals surface area contributed by atoms with Crippen molar-refractivity contribution in [2.45, 2.75) is 18.9 Å². The van der Waals surface area contributed by atoms with Crippen LogP contribution in [0.25, 0.3) is 0 Å². The van der Waals surface area contributed by atoms with Gasteiger partial charge in [0.1, 0.15) is 11.5 Å². The first-order chi connectivity index (χ1) is 9.83. The molecule has 2 nitrogen and oxygen atoms in total. The Morgan fingerprint density at radius 1 is 0.850 bits per heavy atom. The minimum atomic E-state index is -0.393. The molecule has 102 valence electrons. The molecule has 1 unspecified atom stereocenters. The van der Waals surface area contributed by atoms with Crippen molar-refractivity contribution in [3.63, 3.8) is 0 Å². The van der Waals surface area contributed by atoms with Crippen LogP contribution in [0.15, 0.2) is 66.7 Å². The van der Waals surface area contributed by atoms with E-state index in [2.05, 4.69) is 12.2 Å². The van der Waals surface area contributed by atoms with Crippen molar-refractivity contribution in [2.24, 2.45) is 5.92 Å². The van der Waals surface area contributed by atoms with E-state index in [9.17, 15) is 5.11 Å². The van der Waals surface area contributed by atoms with E-state index in [1.807, 2.05) is 54.6 Å². The van der Waals surface area contributed by atoms with Gasteiger partial charge >= 0.3 is 0 Å². The Morgan fingerprint density at radius 2 is 1.45 bits per heavy atom. The van der Waals surface area contributed by atoms with Gasteiger partial charge in [-0.1, -0.05) is 42.5 Å². The number of benzene rings is 2. The Morgan fingerprint density at radius 3 is 2.10 bits per heavy atom. The van der Waals surface area contributed by atoms with Gasteiger partial charge in [0.05, 0.1) is 6.10 Å². The quantitative estimate of drug-likeness (QED) is 0.827. The summed E-state index contributed by atoms with van der Waals surface area (Å²) in [4.78, 5) is 0. The molecule has 1 N–H and O–H groups in total. The van der Waals surface area contributed by atoms with Gasteiger partial charge in [-0.3, -0.25) is 0 Å². The summed E-state index contributed by atoms with van der Waals surface area (Å²) in [6.45, 7) is 0. The SMILES string of the molecule is OC(c1ccc(Oc2ccccc2)cc1)C1CC=CC1. The number of para-hydroxylation sites is 1. The van der Waals surface area contributed by atoms with Crippen molar-refractivity contribution in [1.29, 1.82) is 0 Å². The maximum atomic E-state index is 10.3. The average molecular weight is 266 g/mol. The molecule has 0 aliphatic heterocycles. The van der Waals surface area contributed by atoms with Gasteiger partial charge in [0.2, 0.25) is 0 Å². The summed E-state index contributed by atoms with van der Waals surface area (Å²) in [5, 5.41) is 10.3. The first kappa shape index (κ1) is 12.9. The van der Waals surface area contributed by atoms with Gasteiger partial charge in [-0.15, -0.1) is 0 Å². The molecule has 1 atom stereocenters.